The molecule has 0 saturated heterocycles. The fraction of sp³-hybridized carbons (Fsp3) is 0.300. The van der Waals surface area contributed by atoms with Gasteiger partial charge in [-0.1, -0.05) is 0 Å². The molecule has 0 bridgehead atoms. The Bertz CT molecular complexity index is 1060. The number of terminal acetylenes is 1. The number of nitrogens with zero attached hydrogens (tertiary/aromatic N) is 1. The molecule has 3 aromatic rings. The monoisotopic (exact) mass is 579 g/mol. The van der Waals surface area contributed by atoms with Gasteiger partial charge in [0, 0.05) is 0 Å². The molecule has 0 saturated carbocycles. The first-order valence-corrected chi connectivity index (χ1v) is 29.8. The second-order valence-corrected chi connectivity index (χ2v) is 41.1. The first kappa shape index (κ1) is 19.2. The van der Waals surface area contributed by atoms with Crippen LogP contribution in [0.1, 0.15) is 0 Å². The number of aromatic nitrogens is 1. The molecule has 3 aromatic heterocycles. The van der Waals surface area contributed by atoms with Gasteiger partial charge in [0.25, 0.3) is 0 Å². The van der Waals surface area contributed by atoms with Gasteiger partial charge in [0.1, 0.15) is 0 Å². The Morgan fingerprint density at radius 1 is 0.800 bits per heavy atom. The molecule has 0 aromatic carbocycles. The van der Waals surface area contributed by atoms with Crippen molar-refractivity contribution in [2.24, 2.45) is 0 Å². The molecule has 126 valence electrons. The quantitative estimate of drug-likeness (QED) is 0.314. The minimum atomic E-state index is -2.10. The Hall–Kier alpha value is -0.523. The Balaban J connectivity index is 2.33. The van der Waals surface area contributed by atoms with Gasteiger partial charge in [0.15, 0.2) is 0 Å². The van der Waals surface area contributed by atoms with Crippen molar-refractivity contribution in [1.82, 2.24) is 4.57 Å². The summed E-state index contributed by atoms with van der Waals surface area (Å²) in [4.78, 5) is 14.8. The van der Waals surface area contributed by atoms with Crippen LogP contribution in [0.5, 0.6) is 0 Å². The number of fused-ring (bicyclic) bond motifs is 3. The van der Waals surface area contributed by atoms with Crippen LogP contribution in [0.25, 0.3) is 20.4 Å². The number of hydrogen-bond acceptors (Lipinski definition) is 2. The Morgan fingerprint density at radius 2 is 1.28 bits per heavy atom. The van der Waals surface area contributed by atoms with Crippen LogP contribution in [0.3, 0.4) is 0 Å². The average molecular weight is 577 g/mol. The van der Waals surface area contributed by atoms with Gasteiger partial charge >= 0.3 is 168 Å². The van der Waals surface area contributed by atoms with Gasteiger partial charge < -0.3 is 0 Å². The number of hydrogen-bond donors (Lipinski definition) is 0. The summed E-state index contributed by atoms with van der Waals surface area (Å²) < 4.78 is 8.15. The summed E-state index contributed by atoms with van der Waals surface area (Å²) in [5.74, 6) is 10.6. The fourth-order valence-corrected chi connectivity index (χ4v) is 15.4. The molecule has 0 aliphatic carbocycles. The van der Waals surface area contributed by atoms with Gasteiger partial charge in [0.2, 0.25) is 0 Å². The molecule has 0 spiro atoms. The molecular formula is C20H21NS2Sn2. The van der Waals surface area contributed by atoms with Crippen molar-refractivity contribution in [3.63, 3.8) is 0 Å². The molecule has 0 N–H and O–H groups in total. The van der Waals surface area contributed by atoms with Crippen molar-refractivity contribution in [2.75, 3.05) is 0 Å². The topological polar surface area (TPSA) is 4.93 Å². The van der Waals surface area contributed by atoms with Gasteiger partial charge in [-0.2, -0.15) is 0 Å². The molecule has 0 aliphatic heterocycles. The van der Waals surface area contributed by atoms with Gasteiger partial charge in [-0.05, 0) is 0 Å². The van der Waals surface area contributed by atoms with Crippen LogP contribution in [-0.4, -0.2) is 41.3 Å². The van der Waals surface area contributed by atoms with Crippen LogP contribution < -0.4 is 5.79 Å². The van der Waals surface area contributed by atoms with E-state index in [-0.39, 0.29) is 0 Å². The van der Waals surface area contributed by atoms with Gasteiger partial charge in [-0.15, -0.1) is 0 Å². The SMILES string of the molecule is C#CC#CC#Cn1c2c[c]([Sn]([CH3])([CH3])[CH3])sc2c2s[c]([Sn]([CH3])([CH3])[CH3])cc21. The van der Waals surface area contributed by atoms with E-state index in [1.54, 1.807) is 5.79 Å². The molecule has 25 heavy (non-hydrogen) atoms. The van der Waals surface area contributed by atoms with Crippen LogP contribution in [-0.2, 0) is 0 Å². The third kappa shape index (κ3) is 3.79. The minimum absolute atomic E-state index is 1.25. The Labute approximate surface area is 166 Å². The zero-order valence-corrected chi connectivity index (χ0v) is 22.8. The fourth-order valence-electron chi connectivity index (χ4n) is 2.56. The number of thiophene rings is 2. The Morgan fingerprint density at radius 3 is 1.68 bits per heavy atom. The molecule has 0 atom stereocenters. The summed E-state index contributed by atoms with van der Waals surface area (Å²) in [5.41, 5.74) is 2.50. The second kappa shape index (κ2) is 6.89. The second-order valence-electron chi connectivity index (χ2n) is 8.12. The van der Waals surface area contributed by atoms with Crippen LogP contribution in [0.4, 0.5) is 0 Å². The molecule has 3 heterocycles. The van der Waals surface area contributed by atoms with Crippen LogP contribution in [0.2, 0.25) is 29.6 Å². The standard InChI is InChI=1S/C14H3NS2.6CH3.2Sn/c1-2-3-4-5-8-15-11-6-9-16-13(11)14-12(15)7-10-17-14;;;;;;;;/h1,6-7H;6*1H3;;. The van der Waals surface area contributed by atoms with Crippen LogP contribution in [0, 0.1) is 36.1 Å². The molecule has 0 radical (unpaired) electrons. The zero-order chi connectivity index (χ0) is 18.4. The van der Waals surface area contributed by atoms with Crippen molar-refractivity contribution in [2.45, 2.75) is 29.6 Å². The molecule has 0 aliphatic rings. The summed E-state index contributed by atoms with van der Waals surface area (Å²) in [5, 5.41) is 0. The predicted octanol–water partition coefficient (Wildman–Crippen LogP) is 4.45. The van der Waals surface area contributed by atoms with E-state index in [9.17, 15) is 0 Å². The summed E-state index contributed by atoms with van der Waals surface area (Å²) in [6.45, 7) is 0. The van der Waals surface area contributed by atoms with Crippen molar-refractivity contribution in [1.29, 1.82) is 0 Å². The summed E-state index contributed by atoms with van der Waals surface area (Å²) in [6, 6.07) is 7.99. The van der Waals surface area contributed by atoms with Gasteiger partial charge in [-0.3, -0.25) is 0 Å². The zero-order valence-electron chi connectivity index (χ0n) is 15.5. The molecule has 0 unspecified atom stereocenters. The first-order chi connectivity index (χ1) is 11.6. The van der Waals surface area contributed by atoms with Gasteiger partial charge in [0.05, 0.1) is 0 Å². The van der Waals surface area contributed by atoms with E-state index in [0.717, 1.165) is 0 Å². The van der Waals surface area contributed by atoms with E-state index >= 15 is 0 Å². The van der Waals surface area contributed by atoms with Gasteiger partial charge in [-0.25, -0.2) is 0 Å². The van der Waals surface area contributed by atoms with Crippen molar-refractivity contribution in [3.05, 3.63) is 12.1 Å². The summed E-state index contributed by atoms with van der Waals surface area (Å²) in [6.07, 6.45) is 5.19. The van der Waals surface area contributed by atoms with E-state index < -0.39 is 36.8 Å². The maximum atomic E-state index is 5.19. The third-order valence-electron chi connectivity index (χ3n) is 3.96. The van der Waals surface area contributed by atoms with E-state index in [1.165, 1.54) is 20.4 Å². The molecule has 0 fully saturated rings. The number of rotatable bonds is 2. The van der Waals surface area contributed by atoms with E-state index in [0.29, 0.717) is 0 Å². The normalized spacial score (nSPS) is 11.7. The summed E-state index contributed by atoms with van der Waals surface area (Å²) in [7, 11) is 0. The van der Waals surface area contributed by atoms with Crippen molar-refractivity contribution in [3.8, 4) is 36.1 Å². The average Bonchev–Trinajstić information content (AvgIpc) is 3.14. The molecule has 0 amide bonds. The summed E-state index contributed by atoms with van der Waals surface area (Å²) >= 11 is -0.223. The van der Waals surface area contributed by atoms with Crippen LogP contribution in [0.15, 0.2) is 12.1 Å². The van der Waals surface area contributed by atoms with Crippen molar-refractivity contribution < 1.29 is 0 Å². The van der Waals surface area contributed by atoms with Crippen molar-refractivity contribution >= 4 is 85.6 Å². The van der Waals surface area contributed by atoms with E-state index in [2.05, 4.69) is 76.1 Å². The van der Waals surface area contributed by atoms with E-state index in [1.807, 2.05) is 22.7 Å². The first-order valence-electron chi connectivity index (χ1n) is 8.18. The maximum absolute atomic E-state index is 5.19. The molecule has 3 rings (SSSR count). The molecule has 5 heteroatoms. The van der Waals surface area contributed by atoms with Crippen LogP contribution >= 0.6 is 22.7 Å². The van der Waals surface area contributed by atoms with E-state index in [4.69, 9.17) is 6.42 Å². The molecule has 1 nitrogen and oxygen atoms in total. The molecular weight excluding hydrogens is 556 g/mol. The Kier molecular flexibility index (Phi) is 5.31. The predicted molar refractivity (Wildman–Crippen MR) is 121 cm³/mol. The third-order valence-corrected chi connectivity index (χ3v) is 25.2.